The second-order valence-corrected chi connectivity index (χ2v) is 11.0. The fourth-order valence-corrected chi connectivity index (χ4v) is 6.85. The highest BCUT2D eigenvalue weighted by molar-refractivity contribution is 6.04. The molecule has 0 fully saturated rings. The molecule has 0 aromatic heterocycles. The molecule has 1 atom stereocenters. The van der Waals surface area contributed by atoms with Gasteiger partial charge in [-0.15, -0.1) is 0 Å². The van der Waals surface area contributed by atoms with Gasteiger partial charge in [-0.3, -0.25) is 0 Å². The number of nitrogens with zero attached hydrogens (tertiary/aromatic N) is 2. The van der Waals surface area contributed by atoms with Gasteiger partial charge < -0.3 is 4.90 Å². The third kappa shape index (κ3) is 2.64. The minimum absolute atomic E-state index is 0.0152. The molecule has 0 radical (unpaired) electrons. The molecule has 2 heteroatoms. The lowest BCUT2D eigenvalue weighted by Gasteiger charge is -2.33. The lowest BCUT2D eigenvalue weighted by molar-refractivity contribution is -0.404. The van der Waals surface area contributed by atoms with Crippen LogP contribution in [0.3, 0.4) is 0 Å². The molecule has 0 saturated carbocycles. The molecule has 0 saturated heterocycles. The predicted octanol–water partition coefficient (Wildman–Crippen LogP) is 7.19. The average molecular weight is 434 g/mol. The fraction of sp³-hybridized carbons (Fsp3) is 0.323. The Morgan fingerprint density at radius 3 is 2.12 bits per heavy atom. The quantitative estimate of drug-likeness (QED) is 0.303. The zero-order chi connectivity index (χ0) is 23.1. The van der Waals surface area contributed by atoms with Gasteiger partial charge in [-0.05, 0) is 41.6 Å². The van der Waals surface area contributed by atoms with Crippen LogP contribution < -0.4 is 4.90 Å². The lowest BCUT2D eigenvalue weighted by atomic mass is 9.73. The summed E-state index contributed by atoms with van der Waals surface area (Å²) in [4.78, 5) is 2.57. The van der Waals surface area contributed by atoms with Gasteiger partial charge in [0.15, 0.2) is 5.71 Å². The van der Waals surface area contributed by atoms with E-state index in [1.165, 1.54) is 49.8 Å². The molecular formula is C31H33N2+. The van der Waals surface area contributed by atoms with Crippen LogP contribution in [0.2, 0.25) is 0 Å². The highest BCUT2D eigenvalue weighted by atomic mass is 15.2. The predicted molar refractivity (Wildman–Crippen MR) is 142 cm³/mol. The number of hydrogen-bond donors (Lipinski definition) is 0. The monoisotopic (exact) mass is 433 g/mol. The van der Waals surface area contributed by atoms with Crippen molar-refractivity contribution in [2.45, 2.75) is 51.0 Å². The highest BCUT2D eigenvalue weighted by Crippen LogP contribution is 2.51. The topological polar surface area (TPSA) is 6.25 Å². The van der Waals surface area contributed by atoms with Gasteiger partial charge >= 0.3 is 0 Å². The normalized spacial score (nSPS) is 20.5. The number of fused-ring (bicyclic) bond motifs is 6. The second-order valence-electron chi connectivity index (χ2n) is 11.0. The first-order chi connectivity index (χ1) is 15.7. The van der Waals surface area contributed by atoms with Crippen molar-refractivity contribution in [2.75, 3.05) is 19.0 Å². The van der Waals surface area contributed by atoms with E-state index < -0.39 is 0 Å². The minimum atomic E-state index is -0.0152. The summed E-state index contributed by atoms with van der Waals surface area (Å²) in [5.74, 6) is 0. The molecule has 2 aliphatic rings. The van der Waals surface area contributed by atoms with Gasteiger partial charge in [-0.2, -0.15) is 0 Å². The fourth-order valence-electron chi connectivity index (χ4n) is 6.85. The van der Waals surface area contributed by atoms with E-state index in [9.17, 15) is 0 Å². The van der Waals surface area contributed by atoms with Crippen LogP contribution in [0.5, 0.6) is 0 Å². The van der Waals surface area contributed by atoms with Crippen LogP contribution in [0.25, 0.3) is 21.5 Å². The molecule has 0 amide bonds. The van der Waals surface area contributed by atoms with Crippen molar-refractivity contribution in [3.63, 3.8) is 0 Å². The zero-order valence-corrected chi connectivity index (χ0v) is 20.6. The van der Waals surface area contributed by atoms with Gasteiger partial charge in [0.2, 0.25) is 5.69 Å². The van der Waals surface area contributed by atoms with E-state index in [2.05, 4.69) is 124 Å². The van der Waals surface area contributed by atoms with Gasteiger partial charge in [0, 0.05) is 41.2 Å². The van der Waals surface area contributed by atoms with Gasteiger partial charge in [-0.25, -0.2) is 4.58 Å². The van der Waals surface area contributed by atoms with Crippen molar-refractivity contribution in [3.8, 4) is 0 Å². The number of hydrogen-bond acceptors (Lipinski definition) is 1. The molecule has 0 aliphatic carbocycles. The van der Waals surface area contributed by atoms with Crippen LogP contribution >= 0.6 is 0 Å². The Morgan fingerprint density at radius 1 is 0.788 bits per heavy atom. The van der Waals surface area contributed by atoms with Crippen LogP contribution in [-0.4, -0.2) is 30.4 Å². The van der Waals surface area contributed by atoms with Gasteiger partial charge in [0.25, 0.3) is 0 Å². The first kappa shape index (κ1) is 20.5. The molecule has 0 N–H and O–H groups in total. The summed E-state index contributed by atoms with van der Waals surface area (Å²) in [6.07, 6.45) is 1.04. The molecule has 4 aromatic rings. The maximum Gasteiger partial charge on any atom is 0.209 e. The molecule has 2 nitrogen and oxygen atoms in total. The summed E-state index contributed by atoms with van der Waals surface area (Å²) in [6.45, 7) is 9.70. The summed E-state index contributed by atoms with van der Waals surface area (Å²) >= 11 is 0. The third-order valence-electron chi connectivity index (χ3n) is 8.65. The Morgan fingerprint density at radius 2 is 1.39 bits per heavy atom. The molecule has 0 spiro atoms. The highest BCUT2D eigenvalue weighted by Gasteiger charge is 2.51. The van der Waals surface area contributed by atoms with Crippen molar-refractivity contribution < 1.29 is 4.58 Å². The van der Waals surface area contributed by atoms with Gasteiger partial charge in [-0.1, -0.05) is 74.5 Å². The summed E-state index contributed by atoms with van der Waals surface area (Å²) in [5, 5.41) is 5.40. The molecular weight excluding hydrogens is 400 g/mol. The Kier molecular flexibility index (Phi) is 4.15. The Balaban J connectivity index is 1.47. The lowest BCUT2D eigenvalue weighted by Crippen LogP contribution is -2.44. The summed E-state index contributed by atoms with van der Waals surface area (Å²) in [7, 11) is 4.57. The summed E-state index contributed by atoms with van der Waals surface area (Å²) in [6, 6.07) is 27.3. The average Bonchev–Trinajstić information content (AvgIpc) is 3.13. The van der Waals surface area contributed by atoms with E-state index >= 15 is 0 Å². The van der Waals surface area contributed by atoms with Gasteiger partial charge in [0.05, 0.1) is 11.8 Å². The third-order valence-corrected chi connectivity index (χ3v) is 8.65. The van der Waals surface area contributed by atoms with E-state index in [0.717, 1.165) is 6.42 Å². The van der Waals surface area contributed by atoms with E-state index in [0.29, 0.717) is 6.04 Å². The van der Waals surface area contributed by atoms with Crippen LogP contribution in [0.4, 0.5) is 11.4 Å². The van der Waals surface area contributed by atoms with E-state index in [-0.39, 0.29) is 10.8 Å². The van der Waals surface area contributed by atoms with E-state index in [1.807, 2.05) is 0 Å². The van der Waals surface area contributed by atoms with Crippen molar-refractivity contribution in [1.82, 2.24) is 0 Å². The zero-order valence-electron chi connectivity index (χ0n) is 20.6. The maximum atomic E-state index is 2.57. The Bertz CT molecular complexity index is 1470. The second kappa shape index (κ2) is 6.70. The van der Waals surface area contributed by atoms with E-state index in [4.69, 9.17) is 0 Å². The molecule has 0 bridgehead atoms. The van der Waals surface area contributed by atoms with Crippen molar-refractivity contribution in [2.24, 2.45) is 0 Å². The Hall–Kier alpha value is -3.13. The van der Waals surface area contributed by atoms with Crippen molar-refractivity contribution in [3.05, 3.63) is 83.9 Å². The van der Waals surface area contributed by atoms with Crippen LogP contribution in [0.15, 0.2) is 72.8 Å². The standard InChI is InChI=1S/C31H33N2/c1-30(2)24-17-15-21-12-8-10-14-23(21)29(24)33(6)26(30)19-27-31(3,4)28-22-13-9-7-11-20(22)16-18-25(28)32(27)5/h7-18,26H,19H2,1-6H3/q+1. The Labute approximate surface area is 197 Å². The number of benzene rings is 4. The van der Waals surface area contributed by atoms with Crippen molar-refractivity contribution >= 4 is 38.6 Å². The molecule has 1 unspecified atom stereocenters. The molecule has 6 rings (SSSR count). The van der Waals surface area contributed by atoms with Crippen molar-refractivity contribution in [1.29, 1.82) is 0 Å². The number of likely N-dealkylation sites (N-methyl/N-ethyl adjacent to an activating group) is 1. The summed E-state index contributed by atoms with van der Waals surface area (Å²) in [5.41, 5.74) is 7.26. The largest absolute Gasteiger partial charge is 0.369 e. The molecule has 2 aliphatic heterocycles. The molecule has 33 heavy (non-hydrogen) atoms. The molecule has 166 valence electrons. The first-order valence-corrected chi connectivity index (χ1v) is 12.1. The van der Waals surface area contributed by atoms with Crippen LogP contribution in [-0.2, 0) is 10.8 Å². The van der Waals surface area contributed by atoms with Crippen LogP contribution in [0, 0.1) is 0 Å². The summed E-state index contributed by atoms with van der Waals surface area (Å²) < 4.78 is 2.48. The smallest absolute Gasteiger partial charge is 0.209 e. The van der Waals surface area contributed by atoms with Crippen LogP contribution in [0.1, 0.15) is 45.2 Å². The SMILES string of the molecule is CN1c2c(ccc3ccccc23)C(C)(C)C1CC1=[N+](C)c2ccc3ccccc3c2C1(C)C. The number of anilines is 1. The van der Waals surface area contributed by atoms with E-state index in [1.54, 1.807) is 0 Å². The van der Waals surface area contributed by atoms with Gasteiger partial charge in [0.1, 0.15) is 7.05 Å². The first-order valence-electron chi connectivity index (χ1n) is 12.1. The maximum absolute atomic E-state index is 2.57. The molecule has 4 aromatic carbocycles. The number of rotatable bonds is 2. The molecule has 2 heterocycles. The minimum Gasteiger partial charge on any atom is -0.369 e.